The van der Waals surface area contributed by atoms with Crippen LogP contribution < -0.4 is 10.5 Å². The molecule has 0 aliphatic carbocycles. The van der Waals surface area contributed by atoms with E-state index in [9.17, 15) is 0 Å². The molecule has 0 spiro atoms. The molecule has 0 fully saturated rings. The smallest absolute Gasteiger partial charge is 0.119 e. The normalized spacial score (nSPS) is 10.4. The van der Waals surface area contributed by atoms with Crippen molar-refractivity contribution in [2.45, 2.75) is 25.7 Å². The Labute approximate surface area is 121 Å². The highest BCUT2D eigenvalue weighted by Crippen LogP contribution is 2.13. The van der Waals surface area contributed by atoms with E-state index in [1.165, 1.54) is 11.1 Å². The largest absolute Gasteiger partial charge is 0.494 e. The summed E-state index contributed by atoms with van der Waals surface area (Å²) in [5.74, 6) is 0.950. The quantitative estimate of drug-likeness (QED) is 0.743. The van der Waals surface area contributed by atoms with E-state index in [0.29, 0.717) is 6.54 Å². The number of hydrogen-bond acceptors (Lipinski definition) is 2. The molecule has 2 aromatic rings. The zero-order chi connectivity index (χ0) is 14.0. The van der Waals surface area contributed by atoms with Crippen molar-refractivity contribution in [1.29, 1.82) is 0 Å². The van der Waals surface area contributed by atoms with E-state index in [-0.39, 0.29) is 0 Å². The summed E-state index contributed by atoms with van der Waals surface area (Å²) in [5, 5.41) is 0. The zero-order valence-electron chi connectivity index (χ0n) is 11.9. The maximum atomic E-state index is 5.75. The van der Waals surface area contributed by atoms with Crippen LogP contribution in [0.5, 0.6) is 5.75 Å². The molecule has 2 aromatic carbocycles. The molecule has 0 aliphatic heterocycles. The third kappa shape index (κ3) is 5.06. The second-order valence-corrected chi connectivity index (χ2v) is 4.97. The van der Waals surface area contributed by atoms with E-state index in [2.05, 4.69) is 42.5 Å². The average Bonchev–Trinajstić information content (AvgIpc) is 2.50. The molecule has 2 nitrogen and oxygen atoms in total. The first-order valence-corrected chi connectivity index (χ1v) is 7.34. The molecular formula is C18H23NO. The van der Waals surface area contributed by atoms with Crippen molar-refractivity contribution in [3.8, 4) is 5.75 Å². The van der Waals surface area contributed by atoms with Crippen LogP contribution in [0.25, 0.3) is 0 Å². The number of ether oxygens (including phenoxy) is 1. The molecular weight excluding hydrogens is 246 g/mol. The summed E-state index contributed by atoms with van der Waals surface area (Å²) in [5.41, 5.74) is 8.20. The van der Waals surface area contributed by atoms with Crippen molar-refractivity contribution in [1.82, 2.24) is 0 Å². The van der Waals surface area contributed by atoms with Gasteiger partial charge in [-0.25, -0.2) is 0 Å². The van der Waals surface area contributed by atoms with Gasteiger partial charge < -0.3 is 10.5 Å². The van der Waals surface area contributed by atoms with Gasteiger partial charge in [-0.3, -0.25) is 0 Å². The predicted molar refractivity (Wildman–Crippen MR) is 84.1 cm³/mol. The molecule has 0 aliphatic rings. The van der Waals surface area contributed by atoms with Gasteiger partial charge >= 0.3 is 0 Å². The molecule has 0 saturated carbocycles. The number of nitrogens with two attached hydrogens (primary N) is 1. The molecule has 2 rings (SSSR count). The maximum absolute atomic E-state index is 5.75. The predicted octanol–water partition coefficient (Wildman–Crippen LogP) is 3.59. The summed E-state index contributed by atoms with van der Waals surface area (Å²) < 4.78 is 5.75. The number of hydrogen-bond donors (Lipinski definition) is 1. The second kappa shape index (κ2) is 8.39. The molecule has 2 heteroatoms. The van der Waals surface area contributed by atoms with Crippen molar-refractivity contribution in [3.63, 3.8) is 0 Å². The molecule has 0 radical (unpaired) electrons. The summed E-state index contributed by atoms with van der Waals surface area (Å²) >= 11 is 0. The zero-order valence-corrected chi connectivity index (χ0v) is 11.9. The Bertz CT molecular complexity index is 479. The molecule has 0 unspecified atom stereocenters. The highest BCUT2D eigenvalue weighted by molar-refractivity contribution is 5.27. The Balaban J connectivity index is 1.63. The molecule has 0 amide bonds. The van der Waals surface area contributed by atoms with Gasteiger partial charge in [0.15, 0.2) is 0 Å². The molecule has 2 N–H and O–H groups in total. The van der Waals surface area contributed by atoms with Gasteiger partial charge in [-0.15, -0.1) is 0 Å². The maximum Gasteiger partial charge on any atom is 0.119 e. The van der Waals surface area contributed by atoms with E-state index in [4.69, 9.17) is 10.5 Å². The summed E-state index contributed by atoms with van der Waals surface area (Å²) in [6.45, 7) is 1.47. The first-order chi connectivity index (χ1) is 9.88. The van der Waals surface area contributed by atoms with Crippen LogP contribution in [0.2, 0.25) is 0 Å². The Morgan fingerprint density at radius 1 is 0.750 bits per heavy atom. The minimum absolute atomic E-state index is 0.694. The van der Waals surface area contributed by atoms with E-state index in [0.717, 1.165) is 38.0 Å². The fourth-order valence-corrected chi connectivity index (χ4v) is 2.18. The monoisotopic (exact) mass is 269 g/mol. The molecule has 106 valence electrons. The van der Waals surface area contributed by atoms with E-state index in [1.54, 1.807) is 0 Å². The number of rotatable bonds is 8. The van der Waals surface area contributed by atoms with E-state index >= 15 is 0 Å². The van der Waals surface area contributed by atoms with Gasteiger partial charge in [0.25, 0.3) is 0 Å². The van der Waals surface area contributed by atoms with Crippen LogP contribution >= 0.6 is 0 Å². The highest BCUT2D eigenvalue weighted by atomic mass is 16.5. The average molecular weight is 269 g/mol. The molecule has 0 aromatic heterocycles. The topological polar surface area (TPSA) is 35.2 Å². The van der Waals surface area contributed by atoms with Crippen LogP contribution in [0, 0.1) is 0 Å². The fourth-order valence-electron chi connectivity index (χ4n) is 2.18. The lowest BCUT2D eigenvalue weighted by Crippen LogP contribution is -2.02. The van der Waals surface area contributed by atoms with Gasteiger partial charge in [-0.2, -0.15) is 0 Å². The highest BCUT2D eigenvalue weighted by Gasteiger charge is 1.96. The standard InChI is InChI=1S/C18H23NO/c19-14-13-17-9-11-18(12-10-17)20-15-5-4-8-16-6-2-1-3-7-16/h1-3,6-7,9-12H,4-5,8,13-15,19H2. The lowest BCUT2D eigenvalue weighted by Gasteiger charge is -2.07. The second-order valence-electron chi connectivity index (χ2n) is 4.97. The Morgan fingerprint density at radius 3 is 2.15 bits per heavy atom. The Kier molecular flexibility index (Phi) is 6.12. The molecule has 0 bridgehead atoms. The van der Waals surface area contributed by atoms with Gasteiger partial charge in [0.2, 0.25) is 0 Å². The minimum Gasteiger partial charge on any atom is -0.494 e. The SMILES string of the molecule is NCCc1ccc(OCCCCc2ccccc2)cc1. The number of benzene rings is 2. The van der Waals surface area contributed by atoms with Gasteiger partial charge in [0.05, 0.1) is 6.61 Å². The van der Waals surface area contributed by atoms with Gasteiger partial charge in [0.1, 0.15) is 5.75 Å². The Morgan fingerprint density at radius 2 is 1.45 bits per heavy atom. The van der Waals surface area contributed by atoms with Crippen molar-refractivity contribution in [3.05, 3.63) is 65.7 Å². The van der Waals surface area contributed by atoms with Crippen molar-refractivity contribution in [2.24, 2.45) is 5.73 Å². The van der Waals surface area contributed by atoms with E-state index < -0.39 is 0 Å². The minimum atomic E-state index is 0.694. The molecule has 0 heterocycles. The van der Waals surface area contributed by atoms with Crippen molar-refractivity contribution < 1.29 is 4.74 Å². The van der Waals surface area contributed by atoms with Crippen LogP contribution in [0.1, 0.15) is 24.0 Å². The van der Waals surface area contributed by atoms with Crippen LogP contribution in [0.15, 0.2) is 54.6 Å². The lowest BCUT2D eigenvalue weighted by molar-refractivity contribution is 0.307. The van der Waals surface area contributed by atoms with Crippen LogP contribution in [-0.4, -0.2) is 13.2 Å². The van der Waals surface area contributed by atoms with Crippen molar-refractivity contribution >= 4 is 0 Å². The number of aryl methyl sites for hydroxylation is 1. The summed E-state index contributed by atoms with van der Waals surface area (Å²) in [4.78, 5) is 0. The first kappa shape index (κ1) is 14.6. The lowest BCUT2D eigenvalue weighted by atomic mass is 10.1. The first-order valence-electron chi connectivity index (χ1n) is 7.34. The van der Waals surface area contributed by atoms with E-state index in [1.807, 2.05) is 12.1 Å². The van der Waals surface area contributed by atoms with Crippen molar-refractivity contribution in [2.75, 3.05) is 13.2 Å². The van der Waals surface area contributed by atoms with Crippen LogP contribution in [-0.2, 0) is 12.8 Å². The Hall–Kier alpha value is -1.80. The third-order valence-corrected chi connectivity index (χ3v) is 3.33. The van der Waals surface area contributed by atoms with Crippen LogP contribution in [0.4, 0.5) is 0 Å². The molecule has 0 saturated heterocycles. The van der Waals surface area contributed by atoms with Gasteiger partial charge in [-0.1, -0.05) is 42.5 Å². The summed E-state index contributed by atoms with van der Waals surface area (Å²) in [7, 11) is 0. The van der Waals surface area contributed by atoms with Crippen LogP contribution in [0.3, 0.4) is 0 Å². The molecule has 20 heavy (non-hydrogen) atoms. The van der Waals surface area contributed by atoms with Gasteiger partial charge in [-0.05, 0) is 55.5 Å². The summed E-state index contributed by atoms with van der Waals surface area (Å²) in [6, 6.07) is 18.8. The fraction of sp³-hybridized carbons (Fsp3) is 0.333. The number of unbranched alkanes of at least 4 members (excludes halogenated alkanes) is 1. The summed E-state index contributed by atoms with van der Waals surface area (Å²) in [6.07, 6.45) is 4.30. The third-order valence-electron chi connectivity index (χ3n) is 3.33. The van der Waals surface area contributed by atoms with Gasteiger partial charge in [0, 0.05) is 0 Å². The molecule has 0 atom stereocenters.